The minimum absolute atomic E-state index is 0.0285. The zero-order valence-corrected chi connectivity index (χ0v) is 11.9. The van der Waals surface area contributed by atoms with E-state index in [-0.39, 0.29) is 24.1 Å². The summed E-state index contributed by atoms with van der Waals surface area (Å²) in [5, 5.41) is 0. The van der Waals surface area contributed by atoms with Crippen LogP contribution in [0.25, 0.3) is 0 Å². The van der Waals surface area contributed by atoms with Crippen molar-refractivity contribution in [1.82, 2.24) is 4.90 Å². The Labute approximate surface area is 113 Å². The van der Waals surface area contributed by atoms with E-state index in [9.17, 15) is 9.59 Å². The summed E-state index contributed by atoms with van der Waals surface area (Å²) in [4.78, 5) is 25.6. The van der Waals surface area contributed by atoms with Gasteiger partial charge < -0.3 is 9.47 Å². The first-order chi connectivity index (χ1) is 8.83. The highest BCUT2D eigenvalue weighted by atomic mass is 16.6. The lowest BCUT2D eigenvalue weighted by molar-refractivity contribution is -0.138. The molecule has 0 radical (unpaired) electrons. The molecule has 0 aromatic carbocycles. The molecule has 1 saturated heterocycles. The van der Waals surface area contributed by atoms with Crippen LogP contribution in [0.1, 0.15) is 40.5 Å². The number of ether oxygens (including phenoxy) is 2. The molecule has 5 nitrogen and oxygen atoms in total. The number of carbonyl (C=O) groups excluding carboxylic acids is 2. The minimum Gasteiger partial charge on any atom is -0.463 e. The van der Waals surface area contributed by atoms with Gasteiger partial charge in [-0.2, -0.15) is 0 Å². The van der Waals surface area contributed by atoms with Crippen LogP contribution >= 0.6 is 0 Å². The molecule has 106 valence electrons. The zero-order chi connectivity index (χ0) is 14.2. The lowest BCUT2D eigenvalue weighted by atomic mass is 10.00. The van der Waals surface area contributed by atoms with Crippen molar-refractivity contribution in [3.63, 3.8) is 0 Å². The Morgan fingerprint density at radius 1 is 1.37 bits per heavy atom. The second-order valence-corrected chi connectivity index (χ2v) is 5.89. The largest absolute Gasteiger partial charge is 0.463 e. The Balaban J connectivity index is 2.08. The van der Waals surface area contributed by atoms with Crippen LogP contribution in [0.4, 0.5) is 4.79 Å². The van der Waals surface area contributed by atoms with Gasteiger partial charge in [-0.15, -0.1) is 0 Å². The van der Waals surface area contributed by atoms with Crippen molar-refractivity contribution in [2.24, 2.45) is 0 Å². The summed E-state index contributed by atoms with van der Waals surface area (Å²) in [5.41, 5.74) is 0.0763. The fourth-order valence-corrected chi connectivity index (χ4v) is 2.62. The molecule has 5 heteroatoms. The molecule has 1 amide bonds. The number of hydrogen-bond acceptors (Lipinski definition) is 4. The molecular formula is C14H21NO4. The summed E-state index contributed by atoms with van der Waals surface area (Å²) < 4.78 is 10.4. The third-order valence-electron chi connectivity index (χ3n) is 3.28. The van der Waals surface area contributed by atoms with Crippen LogP contribution in [-0.4, -0.2) is 41.3 Å². The van der Waals surface area contributed by atoms with Crippen LogP contribution in [0.2, 0.25) is 0 Å². The first-order valence-electron chi connectivity index (χ1n) is 6.73. The lowest BCUT2D eigenvalue weighted by Crippen LogP contribution is -2.41. The van der Waals surface area contributed by atoms with Gasteiger partial charge in [0.1, 0.15) is 5.60 Å². The van der Waals surface area contributed by atoms with E-state index in [0.717, 1.165) is 12.8 Å². The number of fused-ring (bicyclic) bond motifs is 2. The van der Waals surface area contributed by atoms with Crippen LogP contribution in [0.5, 0.6) is 0 Å². The fourth-order valence-electron chi connectivity index (χ4n) is 2.62. The fraction of sp³-hybridized carbons (Fsp3) is 0.714. The number of hydrogen-bond donors (Lipinski definition) is 0. The Hall–Kier alpha value is -1.52. The van der Waals surface area contributed by atoms with E-state index in [1.54, 1.807) is 11.8 Å². The van der Waals surface area contributed by atoms with Crippen LogP contribution in [0.3, 0.4) is 0 Å². The minimum atomic E-state index is -0.525. The zero-order valence-electron chi connectivity index (χ0n) is 11.9. The summed E-state index contributed by atoms with van der Waals surface area (Å²) in [6, 6.07) is -0.210. The Kier molecular flexibility index (Phi) is 3.56. The van der Waals surface area contributed by atoms with Crippen molar-refractivity contribution in [2.75, 3.05) is 6.61 Å². The van der Waals surface area contributed by atoms with Gasteiger partial charge in [0.25, 0.3) is 0 Å². The molecule has 2 atom stereocenters. The van der Waals surface area contributed by atoms with Crippen molar-refractivity contribution in [1.29, 1.82) is 0 Å². The summed E-state index contributed by atoms with van der Waals surface area (Å²) >= 11 is 0. The van der Waals surface area contributed by atoms with Crippen LogP contribution < -0.4 is 0 Å². The molecule has 2 bridgehead atoms. The van der Waals surface area contributed by atoms with E-state index in [0.29, 0.717) is 12.2 Å². The van der Waals surface area contributed by atoms with E-state index in [4.69, 9.17) is 9.47 Å². The number of amides is 1. The summed E-state index contributed by atoms with van der Waals surface area (Å²) in [5.74, 6) is -0.316. The molecule has 2 aliphatic rings. The van der Waals surface area contributed by atoms with Gasteiger partial charge in [0.05, 0.1) is 24.3 Å². The Bertz CT molecular complexity index is 422. The van der Waals surface area contributed by atoms with Gasteiger partial charge in [0.15, 0.2) is 0 Å². The Morgan fingerprint density at radius 3 is 2.63 bits per heavy atom. The van der Waals surface area contributed by atoms with Gasteiger partial charge in [-0.25, -0.2) is 9.59 Å². The molecule has 1 fully saturated rings. The van der Waals surface area contributed by atoms with Gasteiger partial charge in [0.2, 0.25) is 0 Å². The second-order valence-electron chi connectivity index (χ2n) is 5.89. The average molecular weight is 267 g/mol. The molecule has 2 heterocycles. The number of esters is 1. The molecule has 2 rings (SSSR count). The predicted molar refractivity (Wildman–Crippen MR) is 69.6 cm³/mol. The first-order valence-corrected chi connectivity index (χ1v) is 6.73. The third-order valence-corrected chi connectivity index (χ3v) is 3.28. The van der Waals surface area contributed by atoms with Gasteiger partial charge in [-0.05, 0) is 46.6 Å². The topological polar surface area (TPSA) is 55.8 Å². The summed E-state index contributed by atoms with van der Waals surface area (Å²) in [6.45, 7) is 7.63. The van der Waals surface area contributed by atoms with Crippen molar-refractivity contribution in [3.05, 3.63) is 11.6 Å². The molecule has 2 unspecified atom stereocenters. The quantitative estimate of drug-likeness (QED) is 0.720. The average Bonchev–Trinajstić information content (AvgIpc) is 2.83. The molecule has 19 heavy (non-hydrogen) atoms. The predicted octanol–water partition coefficient (Wildman–Crippen LogP) is 2.26. The second kappa shape index (κ2) is 4.87. The third kappa shape index (κ3) is 2.74. The maximum atomic E-state index is 12.2. The maximum absolute atomic E-state index is 12.2. The maximum Gasteiger partial charge on any atom is 0.411 e. The highest BCUT2D eigenvalue weighted by molar-refractivity contribution is 5.92. The Morgan fingerprint density at radius 2 is 2.05 bits per heavy atom. The molecule has 0 aromatic rings. The van der Waals surface area contributed by atoms with E-state index in [2.05, 4.69) is 0 Å². The molecule has 0 spiro atoms. The van der Waals surface area contributed by atoms with Crippen molar-refractivity contribution in [2.45, 2.75) is 58.2 Å². The normalized spacial score (nSPS) is 25.3. The summed E-state index contributed by atoms with van der Waals surface area (Å²) in [6.07, 6.45) is 3.17. The van der Waals surface area contributed by atoms with E-state index in [1.165, 1.54) is 0 Å². The SMILES string of the molecule is CCOC(=O)C1=CC2CCC1N2C(=O)OC(C)(C)C. The van der Waals surface area contributed by atoms with E-state index < -0.39 is 5.60 Å². The first kappa shape index (κ1) is 13.9. The molecular weight excluding hydrogens is 246 g/mol. The van der Waals surface area contributed by atoms with Gasteiger partial charge in [0, 0.05) is 0 Å². The molecule has 2 aliphatic heterocycles. The number of carbonyl (C=O) groups is 2. The summed E-state index contributed by atoms with van der Waals surface area (Å²) in [7, 11) is 0. The molecule has 0 N–H and O–H groups in total. The monoisotopic (exact) mass is 267 g/mol. The van der Waals surface area contributed by atoms with Crippen LogP contribution in [0, 0.1) is 0 Å². The number of nitrogens with zero attached hydrogens (tertiary/aromatic N) is 1. The molecule has 0 aromatic heterocycles. The van der Waals surface area contributed by atoms with Gasteiger partial charge >= 0.3 is 12.1 Å². The van der Waals surface area contributed by atoms with Crippen LogP contribution in [-0.2, 0) is 14.3 Å². The lowest BCUT2D eigenvalue weighted by Gasteiger charge is -2.28. The van der Waals surface area contributed by atoms with Crippen molar-refractivity contribution < 1.29 is 19.1 Å². The van der Waals surface area contributed by atoms with Crippen LogP contribution in [0.15, 0.2) is 11.6 Å². The van der Waals surface area contributed by atoms with Gasteiger partial charge in [-0.1, -0.05) is 0 Å². The van der Waals surface area contributed by atoms with Crippen molar-refractivity contribution in [3.8, 4) is 0 Å². The highest BCUT2D eigenvalue weighted by Crippen LogP contribution is 2.38. The smallest absolute Gasteiger partial charge is 0.411 e. The van der Waals surface area contributed by atoms with Gasteiger partial charge in [-0.3, -0.25) is 4.90 Å². The highest BCUT2D eigenvalue weighted by Gasteiger charge is 2.47. The van der Waals surface area contributed by atoms with E-state index in [1.807, 2.05) is 26.8 Å². The molecule has 0 saturated carbocycles. The van der Waals surface area contributed by atoms with Crippen molar-refractivity contribution >= 4 is 12.1 Å². The molecule has 0 aliphatic carbocycles. The van der Waals surface area contributed by atoms with E-state index >= 15 is 0 Å². The standard InChI is InChI=1S/C14H21NO4/c1-5-18-12(16)10-8-9-6-7-11(10)15(9)13(17)19-14(2,3)4/h8-9,11H,5-7H2,1-4H3. The number of rotatable bonds is 2.